The molecule has 1 atom stereocenters. The minimum Gasteiger partial charge on any atom is -0.302 e. The molecular weight excluding hydrogens is 198 g/mol. The van der Waals surface area contributed by atoms with E-state index in [1.54, 1.807) is 24.4 Å². The Morgan fingerprint density at radius 3 is 2.86 bits per heavy atom. The zero-order valence-corrected chi connectivity index (χ0v) is 8.41. The number of aromatic nitrogens is 1. The van der Waals surface area contributed by atoms with Gasteiger partial charge in [-0.05, 0) is 30.7 Å². The van der Waals surface area contributed by atoms with Crippen LogP contribution in [0.3, 0.4) is 0 Å². The molecule has 1 heterocycles. The SMILES string of the molecule is Cc1ccc2ncccc2c1S(=O)O. The monoisotopic (exact) mass is 207 g/mol. The second-order valence-corrected chi connectivity index (χ2v) is 3.94. The number of nitrogens with zero attached hydrogens (tertiary/aromatic N) is 1. The Morgan fingerprint density at radius 2 is 2.14 bits per heavy atom. The van der Waals surface area contributed by atoms with Gasteiger partial charge in [-0.3, -0.25) is 4.98 Å². The summed E-state index contributed by atoms with van der Waals surface area (Å²) in [5, 5.41) is 0.744. The van der Waals surface area contributed by atoms with Crippen molar-refractivity contribution in [3.63, 3.8) is 0 Å². The number of rotatable bonds is 1. The van der Waals surface area contributed by atoms with Gasteiger partial charge in [-0.25, -0.2) is 4.21 Å². The molecule has 72 valence electrons. The first kappa shape index (κ1) is 9.30. The molecule has 0 bridgehead atoms. The molecule has 4 heteroatoms. The maximum Gasteiger partial charge on any atom is 0.187 e. The molecule has 2 rings (SSSR count). The van der Waals surface area contributed by atoms with Gasteiger partial charge in [0.05, 0.1) is 10.4 Å². The van der Waals surface area contributed by atoms with E-state index in [2.05, 4.69) is 4.98 Å². The number of pyridine rings is 1. The van der Waals surface area contributed by atoms with Crippen molar-refractivity contribution < 1.29 is 8.76 Å². The van der Waals surface area contributed by atoms with Gasteiger partial charge in [-0.15, -0.1) is 0 Å². The van der Waals surface area contributed by atoms with Gasteiger partial charge >= 0.3 is 0 Å². The Bertz CT molecular complexity index is 510. The van der Waals surface area contributed by atoms with Crippen molar-refractivity contribution in [1.29, 1.82) is 0 Å². The Morgan fingerprint density at radius 1 is 1.36 bits per heavy atom. The van der Waals surface area contributed by atoms with Crippen LogP contribution in [0.25, 0.3) is 10.9 Å². The highest BCUT2D eigenvalue weighted by molar-refractivity contribution is 7.79. The molecule has 1 aromatic carbocycles. The molecule has 1 unspecified atom stereocenters. The minimum absolute atomic E-state index is 0.454. The largest absolute Gasteiger partial charge is 0.302 e. The Balaban J connectivity index is 2.90. The molecule has 0 saturated heterocycles. The van der Waals surface area contributed by atoms with E-state index in [1.807, 2.05) is 13.0 Å². The van der Waals surface area contributed by atoms with E-state index in [9.17, 15) is 4.21 Å². The highest BCUT2D eigenvalue weighted by Gasteiger charge is 2.09. The number of benzene rings is 1. The van der Waals surface area contributed by atoms with Crippen LogP contribution in [0.5, 0.6) is 0 Å². The zero-order valence-electron chi connectivity index (χ0n) is 7.60. The van der Waals surface area contributed by atoms with Gasteiger partial charge < -0.3 is 4.55 Å². The van der Waals surface area contributed by atoms with Crippen LogP contribution in [0, 0.1) is 6.92 Å². The van der Waals surface area contributed by atoms with E-state index in [-0.39, 0.29) is 0 Å². The Kier molecular flexibility index (Phi) is 2.31. The average molecular weight is 207 g/mol. The van der Waals surface area contributed by atoms with E-state index in [4.69, 9.17) is 4.55 Å². The normalized spacial score (nSPS) is 13.0. The van der Waals surface area contributed by atoms with Gasteiger partial charge in [-0.1, -0.05) is 6.07 Å². The smallest absolute Gasteiger partial charge is 0.187 e. The van der Waals surface area contributed by atoms with Crippen molar-refractivity contribution in [1.82, 2.24) is 4.98 Å². The summed E-state index contributed by atoms with van der Waals surface area (Å²) < 4.78 is 20.3. The van der Waals surface area contributed by atoms with Crippen molar-refractivity contribution in [2.45, 2.75) is 11.8 Å². The summed E-state index contributed by atoms with van der Waals surface area (Å²) >= 11 is -1.96. The van der Waals surface area contributed by atoms with Crippen LogP contribution in [-0.4, -0.2) is 13.7 Å². The molecule has 1 aromatic heterocycles. The van der Waals surface area contributed by atoms with E-state index in [0.29, 0.717) is 4.90 Å². The molecular formula is C10H9NO2S. The molecule has 0 aliphatic carbocycles. The molecule has 0 aliphatic heterocycles. The van der Waals surface area contributed by atoms with Crippen LogP contribution in [0.1, 0.15) is 5.56 Å². The highest BCUT2D eigenvalue weighted by Crippen LogP contribution is 2.22. The third-order valence-corrected chi connectivity index (χ3v) is 3.00. The minimum atomic E-state index is -1.96. The maximum absolute atomic E-state index is 11.1. The molecule has 0 fully saturated rings. The maximum atomic E-state index is 11.1. The summed E-state index contributed by atoms with van der Waals surface area (Å²) in [5.74, 6) is 0. The van der Waals surface area contributed by atoms with Gasteiger partial charge in [0.15, 0.2) is 11.1 Å². The summed E-state index contributed by atoms with van der Waals surface area (Å²) in [6.45, 7) is 1.82. The molecule has 3 nitrogen and oxygen atoms in total. The summed E-state index contributed by atoms with van der Waals surface area (Å²) in [7, 11) is 0. The van der Waals surface area contributed by atoms with Crippen LogP contribution in [0.2, 0.25) is 0 Å². The number of aryl methyl sites for hydroxylation is 1. The second-order valence-electron chi connectivity index (χ2n) is 3.03. The van der Waals surface area contributed by atoms with Gasteiger partial charge in [0.1, 0.15) is 0 Å². The summed E-state index contributed by atoms with van der Waals surface area (Å²) in [4.78, 5) is 4.57. The molecule has 1 N–H and O–H groups in total. The van der Waals surface area contributed by atoms with E-state index < -0.39 is 11.1 Å². The summed E-state index contributed by atoms with van der Waals surface area (Å²) in [6, 6.07) is 7.22. The third-order valence-electron chi connectivity index (χ3n) is 2.11. The van der Waals surface area contributed by atoms with Gasteiger partial charge in [0.25, 0.3) is 0 Å². The average Bonchev–Trinajstić information content (AvgIpc) is 2.17. The Labute approximate surface area is 84.1 Å². The topological polar surface area (TPSA) is 50.2 Å². The molecule has 0 aliphatic rings. The molecule has 2 aromatic rings. The van der Waals surface area contributed by atoms with Crippen molar-refractivity contribution in [2.24, 2.45) is 0 Å². The zero-order chi connectivity index (χ0) is 10.1. The third kappa shape index (κ3) is 1.42. The fourth-order valence-corrected chi connectivity index (χ4v) is 2.17. The lowest BCUT2D eigenvalue weighted by Crippen LogP contribution is -1.94. The fraction of sp³-hybridized carbons (Fsp3) is 0.100. The summed E-state index contributed by atoms with van der Waals surface area (Å²) in [6.07, 6.45) is 1.67. The highest BCUT2D eigenvalue weighted by atomic mass is 32.2. The van der Waals surface area contributed by atoms with E-state index in [0.717, 1.165) is 16.5 Å². The molecule has 14 heavy (non-hydrogen) atoms. The van der Waals surface area contributed by atoms with E-state index in [1.165, 1.54) is 0 Å². The predicted molar refractivity (Wildman–Crippen MR) is 55.5 cm³/mol. The lowest BCUT2D eigenvalue weighted by atomic mass is 10.1. The predicted octanol–water partition coefficient (Wildman–Crippen LogP) is 2.12. The van der Waals surface area contributed by atoms with Crippen LogP contribution >= 0.6 is 0 Å². The van der Waals surface area contributed by atoms with E-state index >= 15 is 0 Å². The van der Waals surface area contributed by atoms with Crippen molar-refractivity contribution >= 4 is 22.0 Å². The fourth-order valence-electron chi connectivity index (χ4n) is 1.47. The summed E-state index contributed by atoms with van der Waals surface area (Å²) in [5.41, 5.74) is 1.56. The van der Waals surface area contributed by atoms with Crippen LogP contribution < -0.4 is 0 Å². The van der Waals surface area contributed by atoms with Crippen LogP contribution in [0.4, 0.5) is 0 Å². The molecule has 0 radical (unpaired) electrons. The molecule has 0 spiro atoms. The lowest BCUT2D eigenvalue weighted by molar-refractivity contribution is 0.565. The van der Waals surface area contributed by atoms with Crippen LogP contribution in [-0.2, 0) is 11.1 Å². The Hall–Kier alpha value is -1.26. The first-order valence-electron chi connectivity index (χ1n) is 4.15. The van der Waals surface area contributed by atoms with Crippen molar-refractivity contribution in [3.05, 3.63) is 36.0 Å². The van der Waals surface area contributed by atoms with Crippen molar-refractivity contribution in [3.8, 4) is 0 Å². The molecule has 0 amide bonds. The van der Waals surface area contributed by atoms with Gasteiger partial charge in [0, 0.05) is 11.6 Å². The van der Waals surface area contributed by atoms with Crippen LogP contribution in [0.15, 0.2) is 35.4 Å². The first-order chi connectivity index (χ1) is 6.70. The quantitative estimate of drug-likeness (QED) is 0.729. The first-order valence-corrected chi connectivity index (χ1v) is 5.26. The number of hydrogen-bond acceptors (Lipinski definition) is 2. The second kappa shape index (κ2) is 3.48. The van der Waals surface area contributed by atoms with Gasteiger partial charge in [-0.2, -0.15) is 0 Å². The number of fused-ring (bicyclic) bond motifs is 1. The van der Waals surface area contributed by atoms with Gasteiger partial charge in [0.2, 0.25) is 0 Å². The number of hydrogen-bond donors (Lipinski definition) is 1. The standard InChI is InChI=1S/C10H9NO2S/c1-7-4-5-9-8(3-2-6-11-9)10(7)14(12)13/h2-6H,1H3,(H,12,13). The molecule has 0 saturated carbocycles. The van der Waals surface area contributed by atoms with Crippen molar-refractivity contribution in [2.75, 3.05) is 0 Å². The lowest BCUT2D eigenvalue weighted by Gasteiger charge is -2.04.